The highest BCUT2D eigenvalue weighted by molar-refractivity contribution is 5.68. The first-order chi connectivity index (χ1) is 10.9. The van der Waals surface area contributed by atoms with Crippen LogP contribution in [0, 0.1) is 0 Å². The molecule has 4 nitrogen and oxygen atoms in total. The van der Waals surface area contributed by atoms with Crippen molar-refractivity contribution in [2.75, 3.05) is 19.6 Å². The summed E-state index contributed by atoms with van der Waals surface area (Å²) in [6, 6.07) is 8.70. The SMILES string of the molecule is CCc1ccc(CNCCCN(CC)C(=O)OC(C)(C)C)cc1. The molecule has 0 fully saturated rings. The van der Waals surface area contributed by atoms with Gasteiger partial charge in [0.1, 0.15) is 5.60 Å². The topological polar surface area (TPSA) is 41.6 Å². The first-order valence-corrected chi connectivity index (χ1v) is 8.62. The zero-order valence-electron chi connectivity index (χ0n) is 15.3. The summed E-state index contributed by atoms with van der Waals surface area (Å²) in [5.41, 5.74) is 2.22. The van der Waals surface area contributed by atoms with E-state index in [4.69, 9.17) is 4.74 Å². The molecular weight excluding hydrogens is 288 g/mol. The average Bonchev–Trinajstić information content (AvgIpc) is 2.49. The van der Waals surface area contributed by atoms with Crippen LogP contribution in [0.5, 0.6) is 0 Å². The Morgan fingerprint density at radius 2 is 1.74 bits per heavy atom. The summed E-state index contributed by atoms with van der Waals surface area (Å²) in [6.07, 6.45) is 1.76. The zero-order valence-corrected chi connectivity index (χ0v) is 15.3. The number of aryl methyl sites for hydroxylation is 1. The van der Waals surface area contributed by atoms with Crippen molar-refractivity contribution in [2.24, 2.45) is 0 Å². The van der Waals surface area contributed by atoms with Crippen LogP contribution in [0.2, 0.25) is 0 Å². The Bertz CT molecular complexity index is 463. The van der Waals surface area contributed by atoms with E-state index in [9.17, 15) is 4.79 Å². The van der Waals surface area contributed by atoms with E-state index in [0.717, 1.165) is 25.9 Å². The Kier molecular flexibility index (Phi) is 8.10. The minimum absolute atomic E-state index is 0.227. The Morgan fingerprint density at radius 3 is 2.26 bits per heavy atom. The molecule has 0 radical (unpaired) electrons. The van der Waals surface area contributed by atoms with E-state index in [-0.39, 0.29) is 6.09 Å². The van der Waals surface area contributed by atoms with Crippen LogP contribution in [0.4, 0.5) is 4.79 Å². The van der Waals surface area contributed by atoms with Gasteiger partial charge in [-0.15, -0.1) is 0 Å². The summed E-state index contributed by atoms with van der Waals surface area (Å²) in [7, 11) is 0. The Hall–Kier alpha value is -1.55. The highest BCUT2D eigenvalue weighted by Crippen LogP contribution is 2.10. The van der Waals surface area contributed by atoms with Crippen molar-refractivity contribution in [1.29, 1.82) is 0 Å². The molecule has 1 aromatic carbocycles. The number of benzene rings is 1. The van der Waals surface area contributed by atoms with Crippen LogP contribution >= 0.6 is 0 Å². The fraction of sp³-hybridized carbons (Fsp3) is 0.632. The monoisotopic (exact) mass is 320 g/mol. The lowest BCUT2D eigenvalue weighted by Crippen LogP contribution is -2.38. The molecule has 0 atom stereocenters. The van der Waals surface area contributed by atoms with Crippen LogP contribution in [0.15, 0.2) is 24.3 Å². The van der Waals surface area contributed by atoms with Crippen molar-refractivity contribution in [3.63, 3.8) is 0 Å². The van der Waals surface area contributed by atoms with Gasteiger partial charge in [0.05, 0.1) is 0 Å². The second-order valence-electron chi connectivity index (χ2n) is 6.76. The average molecular weight is 320 g/mol. The molecule has 0 aliphatic rings. The number of nitrogens with one attached hydrogen (secondary N) is 1. The van der Waals surface area contributed by atoms with Gasteiger partial charge in [-0.05, 0) is 58.2 Å². The third-order valence-electron chi connectivity index (χ3n) is 3.58. The number of nitrogens with zero attached hydrogens (tertiary/aromatic N) is 1. The molecule has 0 aliphatic carbocycles. The van der Waals surface area contributed by atoms with Gasteiger partial charge in [-0.3, -0.25) is 0 Å². The van der Waals surface area contributed by atoms with E-state index >= 15 is 0 Å². The van der Waals surface area contributed by atoms with Crippen LogP contribution in [-0.2, 0) is 17.7 Å². The molecule has 0 unspecified atom stereocenters. The summed E-state index contributed by atoms with van der Waals surface area (Å²) in [5.74, 6) is 0. The molecule has 1 amide bonds. The number of carbonyl (C=O) groups excluding carboxylic acids is 1. The van der Waals surface area contributed by atoms with Gasteiger partial charge < -0.3 is 15.0 Å². The second kappa shape index (κ2) is 9.56. The fourth-order valence-electron chi connectivity index (χ4n) is 2.23. The van der Waals surface area contributed by atoms with Crippen molar-refractivity contribution in [3.8, 4) is 0 Å². The molecule has 0 bridgehead atoms. The fourth-order valence-corrected chi connectivity index (χ4v) is 2.23. The molecule has 0 aliphatic heterocycles. The molecule has 1 rings (SSSR count). The maximum Gasteiger partial charge on any atom is 0.410 e. The quantitative estimate of drug-likeness (QED) is 0.737. The maximum atomic E-state index is 12.0. The molecule has 0 heterocycles. The third kappa shape index (κ3) is 8.03. The van der Waals surface area contributed by atoms with Gasteiger partial charge in [0.15, 0.2) is 0 Å². The maximum absolute atomic E-state index is 12.0. The van der Waals surface area contributed by atoms with Crippen LogP contribution in [0.3, 0.4) is 0 Å². The molecule has 1 aromatic rings. The Morgan fingerprint density at radius 1 is 1.13 bits per heavy atom. The first-order valence-electron chi connectivity index (χ1n) is 8.62. The number of rotatable bonds is 8. The van der Waals surface area contributed by atoms with E-state index in [0.29, 0.717) is 13.1 Å². The highest BCUT2D eigenvalue weighted by atomic mass is 16.6. The van der Waals surface area contributed by atoms with E-state index in [1.165, 1.54) is 11.1 Å². The van der Waals surface area contributed by atoms with Crippen molar-refractivity contribution in [1.82, 2.24) is 10.2 Å². The molecule has 1 N–H and O–H groups in total. The van der Waals surface area contributed by atoms with Crippen LogP contribution in [0.25, 0.3) is 0 Å². The van der Waals surface area contributed by atoms with Gasteiger partial charge in [-0.1, -0.05) is 31.2 Å². The van der Waals surface area contributed by atoms with Gasteiger partial charge in [0.25, 0.3) is 0 Å². The van der Waals surface area contributed by atoms with Crippen molar-refractivity contribution >= 4 is 6.09 Å². The van der Waals surface area contributed by atoms with Crippen LogP contribution in [-0.4, -0.2) is 36.2 Å². The normalized spacial score (nSPS) is 11.3. The summed E-state index contributed by atoms with van der Waals surface area (Å²) in [5, 5.41) is 3.43. The summed E-state index contributed by atoms with van der Waals surface area (Å²) in [4.78, 5) is 13.8. The minimum atomic E-state index is -0.437. The number of ether oxygens (including phenoxy) is 1. The third-order valence-corrected chi connectivity index (χ3v) is 3.58. The van der Waals surface area contributed by atoms with E-state index in [1.807, 2.05) is 27.7 Å². The molecule has 0 saturated carbocycles. The van der Waals surface area contributed by atoms with E-state index < -0.39 is 5.60 Å². The molecule has 0 saturated heterocycles. The van der Waals surface area contributed by atoms with Gasteiger partial charge in [-0.2, -0.15) is 0 Å². The number of hydrogen-bond acceptors (Lipinski definition) is 3. The van der Waals surface area contributed by atoms with Crippen molar-refractivity contribution in [3.05, 3.63) is 35.4 Å². The number of amides is 1. The van der Waals surface area contributed by atoms with Gasteiger partial charge in [-0.25, -0.2) is 4.79 Å². The van der Waals surface area contributed by atoms with Gasteiger partial charge >= 0.3 is 6.09 Å². The Labute approximate surface area is 141 Å². The Balaban J connectivity index is 2.25. The zero-order chi connectivity index (χ0) is 17.3. The summed E-state index contributed by atoms with van der Waals surface area (Å²) >= 11 is 0. The van der Waals surface area contributed by atoms with Gasteiger partial charge in [0, 0.05) is 19.6 Å². The number of carbonyl (C=O) groups is 1. The molecule has 0 aromatic heterocycles. The lowest BCUT2D eigenvalue weighted by molar-refractivity contribution is 0.0258. The van der Waals surface area contributed by atoms with Crippen LogP contribution in [0.1, 0.15) is 52.2 Å². The molecule has 0 spiro atoms. The lowest BCUT2D eigenvalue weighted by atomic mass is 10.1. The number of hydrogen-bond donors (Lipinski definition) is 1. The molecule has 4 heteroatoms. The highest BCUT2D eigenvalue weighted by Gasteiger charge is 2.20. The molecule has 130 valence electrons. The van der Waals surface area contributed by atoms with Crippen molar-refractivity contribution < 1.29 is 9.53 Å². The predicted octanol–water partition coefficient (Wildman–Crippen LogP) is 3.99. The predicted molar refractivity (Wildman–Crippen MR) is 95.6 cm³/mol. The molecule has 23 heavy (non-hydrogen) atoms. The standard InChI is InChI=1S/C19H32N2O2/c1-6-16-9-11-17(12-10-16)15-20-13-8-14-21(7-2)18(22)23-19(3,4)5/h9-12,20H,6-8,13-15H2,1-5H3. The first kappa shape index (κ1) is 19.5. The van der Waals surface area contributed by atoms with E-state index in [2.05, 4.69) is 36.5 Å². The minimum Gasteiger partial charge on any atom is -0.444 e. The largest absolute Gasteiger partial charge is 0.444 e. The van der Waals surface area contributed by atoms with Crippen molar-refractivity contribution in [2.45, 2.75) is 59.6 Å². The molecular formula is C19H32N2O2. The lowest BCUT2D eigenvalue weighted by Gasteiger charge is -2.26. The smallest absolute Gasteiger partial charge is 0.410 e. The van der Waals surface area contributed by atoms with Crippen LogP contribution < -0.4 is 5.32 Å². The van der Waals surface area contributed by atoms with E-state index in [1.54, 1.807) is 4.90 Å². The second-order valence-corrected chi connectivity index (χ2v) is 6.76. The summed E-state index contributed by atoms with van der Waals surface area (Å²) in [6.45, 7) is 13.0. The van der Waals surface area contributed by atoms with Gasteiger partial charge in [0.2, 0.25) is 0 Å². The summed E-state index contributed by atoms with van der Waals surface area (Å²) < 4.78 is 5.41.